The van der Waals surface area contributed by atoms with Crippen LogP contribution in [0.15, 0.2) is 34.4 Å². The zero-order chi connectivity index (χ0) is 10.7. The highest BCUT2D eigenvalue weighted by molar-refractivity contribution is 7.99. The minimum Gasteiger partial charge on any atom is -0.340 e. The third-order valence-corrected chi connectivity index (χ3v) is 4.16. The molecule has 0 bridgehead atoms. The molecule has 0 aliphatic carbocycles. The second-order valence-electron chi connectivity index (χ2n) is 3.35. The molecule has 2 heterocycles. The van der Waals surface area contributed by atoms with Gasteiger partial charge >= 0.3 is 0 Å². The van der Waals surface area contributed by atoms with Crippen LogP contribution in [0.4, 0.5) is 0 Å². The highest BCUT2D eigenvalue weighted by Crippen LogP contribution is 2.36. The summed E-state index contributed by atoms with van der Waals surface area (Å²) >= 11 is 3.37. The van der Waals surface area contributed by atoms with Crippen LogP contribution in [0.3, 0.4) is 0 Å². The van der Waals surface area contributed by atoms with Crippen LogP contribution in [0.2, 0.25) is 0 Å². The summed E-state index contributed by atoms with van der Waals surface area (Å²) in [6, 6.07) is 2.23. The summed E-state index contributed by atoms with van der Waals surface area (Å²) in [5.41, 5.74) is 7.26. The molecule has 0 fully saturated rings. The average molecular weight is 239 g/mol. The largest absolute Gasteiger partial charge is 0.340 e. The Hall–Kier alpha value is -0.780. The molecule has 0 saturated heterocycles. The van der Waals surface area contributed by atoms with Crippen LogP contribution < -0.4 is 5.73 Å². The summed E-state index contributed by atoms with van der Waals surface area (Å²) in [5.74, 6) is 0. The maximum absolute atomic E-state index is 5.99. The van der Waals surface area contributed by atoms with E-state index in [1.807, 2.05) is 13.1 Å². The number of H-pyrrole nitrogens is 1. The van der Waals surface area contributed by atoms with Crippen molar-refractivity contribution in [2.45, 2.75) is 23.4 Å². The van der Waals surface area contributed by atoms with Crippen molar-refractivity contribution in [3.8, 4) is 0 Å². The fraction of sp³-hybridized carbons (Fsp3) is 0.300. The van der Waals surface area contributed by atoms with Gasteiger partial charge in [0, 0.05) is 18.4 Å². The van der Waals surface area contributed by atoms with Crippen LogP contribution >= 0.6 is 23.1 Å². The minimum atomic E-state index is 0.106. The van der Waals surface area contributed by atoms with Gasteiger partial charge in [-0.2, -0.15) is 11.3 Å². The van der Waals surface area contributed by atoms with E-state index in [0.717, 1.165) is 5.16 Å². The van der Waals surface area contributed by atoms with E-state index in [4.69, 9.17) is 5.73 Å². The van der Waals surface area contributed by atoms with Gasteiger partial charge in [-0.15, -0.1) is 0 Å². The van der Waals surface area contributed by atoms with Gasteiger partial charge in [-0.25, -0.2) is 4.98 Å². The van der Waals surface area contributed by atoms with E-state index in [1.165, 1.54) is 5.56 Å². The lowest BCUT2D eigenvalue weighted by Gasteiger charge is -2.17. The smallest absolute Gasteiger partial charge is 0.165 e. The maximum atomic E-state index is 5.99. The molecule has 15 heavy (non-hydrogen) atoms. The molecule has 2 aromatic heterocycles. The molecule has 2 atom stereocenters. The van der Waals surface area contributed by atoms with Crippen molar-refractivity contribution < 1.29 is 0 Å². The van der Waals surface area contributed by atoms with Crippen molar-refractivity contribution in [2.24, 2.45) is 5.73 Å². The number of nitrogens with one attached hydrogen (secondary N) is 1. The predicted molar refractivity (Wildman–Crippen MR) is 65.2 cm³/mol. The van der Waals surface area contributed by atoms with Crippen LogP contribution in [-0.2, 0) is 0 Å². The van der Waals surface area contributed by atoms with E-state index >= 15 is 0 Å². The van der Waals surface area contributed by atoms with Gasteiger partial charge in [0.1, 0.15) is 0 Å². The van der Waals surface area contributed by atoms with Gasteiger partial charge in [0.2, 0.25) is 0 Å². The van der Waals surface area contributed by atoms with Crippen molar-refractivity contribution in [3.05, 3.63) is 34.8 Å². The highest BCUT2D eigenvalue weighted by Gasteiger charge is 2.18. The Bertz CT molecular complexity index is 381. The van der Waals surface area contributed by atoms with Crippen molar-refractivity contribution >= 4 is 23.1 Å². The van der Waals surface area contributed by atoms with Crippen molar-refractivity contribution in [1.29, 1.82) is 0 Å². The van der Waals surface area contributed by atoms with E-state index in [-0.39, 0.29) is 11.3 Å². The van der Waals surface area contributed by atoms with Gasteiger partial charge in [-0.1, -0.05) is 11.8 Å². The third kappa shape index (κ3) is 2.62. The summed E-state index contributed by atoms with van der Waals surface area (Å²) in [5, 5.41) is 5.41. The number of aromatic nitrogens is 2. The minimum absolute atomic E-state index is 0.106. The summed E-state index contributed by atoms with van der Waals surface area (Å²) in [6.07, 6.45) is 3.59. The zero-order valence-corrected chi connectivity index (χ0v) is 10.0. The number of nitrogens with two attached hydrogens (primary N) is 1. The van der Waals surface area contributed by atoms with Crippen LogP contribution in [0.5, 0.6) is 0 Å². The van der Waals surface area contributed by atoms with Crippen molar-refractivity contribution in [1.82, 2.24) is 9.97 Å². The summed E-state index contributed by atoms with van der Waals surface area (Å²) in [7, 11) is 0. The lowest BCUT2D eigenvalue weighted by Crippen LogP contribution is -2.22. The summed E-state index contributed by atoms with van der Waals surface area (Å²) < 4.78 is 0. The lowest BCUT2D eigenvalue weighted by molar-refractivity contribution is 0.720. The van der Waals surface area contributed by atoms with Crippen LogP contribution in [0.1, 0.15) is 17.7 Å². The van der Waals surface area contributed by atoms with E-state index < -0.39 is 0 Å². The number of imidazole rings is 1. The number of thiophene rings is 1. The molecule has 2 unspecified atom stereocenters. The number of hydrogen-bond donors (Lipinski definition) is 2. The van der Waals surface area contributed by atoms with Gasteiger partial charge < -0.3 is 10.7 Å². The Kier molecular flexibility index (Phi) is 3.45. The first-order valence-corrected chi connectivity index (χ1v) is 6.53. The molecule has 80 valence electrons. The molecule has 2 aromatic rings. The second kappa shape index (κ2) is 4.83. The van der Waals surface area contributed by atoms with Gasteiger partial charge in [0.05, 0.1) is 5.25 Å². The molecular formula is C10H13N3S2. The quantitative estimate of drug-likeness (QED) is 0.806. The normalized spacial score (nSPS) is 15.1. The summed E-state index contributed by atoms with van der Waals surface area (Å²) in [4.78, 5) is 7.29. The molecule has 0 aliphatic rings. The fourth-order valence-corrected chi connectivity index (χ4v) is 3.13. The van der Waals surface area contributed by atoms with Gasteiger partial charge in [-0.3, -0.25) is 0 Å². The topological polar surface area (TPSA) is 54.7 Å². The molecule has 5 heteroatoms. The average Bonchev–Trinajstić information content (AvgIpc) is 2.87. The number of rotatable bonds is 4. The Morgan fingerprint density at radius 1 is 1.60 bits per heavy atom. The first-order valence-electron chi connectivity index (χ1n) is 4.71. The first-order chi connectivity index (χ1) is 7.27. The maximum Gasteiger partial charge on any atom is 0.165 e. The number of aromatic amines is 1. The van der Waals surface area contributed by atoms with Crippen LogP contribution in [0, 0.1) is 0 Å². The van der Waals surface area contributed by atoms with E-state index in [0.29, 0.717) is 0 Å². The fourth-order valence-electron chi connectivity index (χ4n) is 1.35. The first kappa shape index (κ1) is 10.7. The highest BCUT2D eigenvalue weighted by atomic mass is 32.2. The summed E-state index contributed by atoms with van der Waals surface area (Å²) in [6.45, 7) is 2.03. The zero-order valence-electron chi connectivity index (χ0n) is 8.38. The molecule has 0 radical (unpaired) electrons. The third-order valence-electron chi connectivity index (χ3n) is 2.06. The molecule has 0 spiro atoms. The molecule has 0 aromatic carbocycles. The van der Waals surface area contributed by atoms with Crippen LogP contribution in [0.25, 0.3) is 0 Å². The van der Waals surface area contributed by atoms with E-state index in [2.05, 4.69) is 26.8 Å². The molecule has 3 N–H and O–H groups in total. The molecule has 2 rings (SSSR count). The molecule has 0 saturated carbocycles. The number of thioether (sulfide) groups is 1. The molecule has 0 aliphatic heterocycles. The Balaban J connectivity index is 2.14. The van der Waals surface area contributed by atoms with Gasteiger partial charge in [0.25, 0.3) is 0 Å². The van der Waals surface area contributed by atoms with Gasteiger partial charge in [0.15, 0.2) is 5.16 Å². The SMILES string of the molecule is CC(N)C(Sc1ncc[nH]1)c1ccsc1. The number of hydrogen-bond acceptors (Lipinski definition) is 4. The monoisotopic (exact) mass is 239 g/mol. The van der Waals surface area contributed by atoms with Gasteiger partial charge in [-0.05, 0) is 29.3 Å². The molecule has 0 amide bonds. The number of nitrogens with zero attached hydrogens (tertiary/aromatic N) is 1. The van der Waals surface area contributed by atoms with E-state index in [1.54, 1.807) is 29.3 Å². The standard InChI is InChI=1S/C10H13N3S2/c1-7(11)9(8-2-5-14-6-8)15-10-12-3-4-13-10/h2-7,9H,11H2,1H3,(H,12,13). The predicted octanol–water partition coefficient (Wildman–Crippen LogP) is 2.65. The van der Waals surface area contributed by atoms with E-state index in [9.17, 15) is 0 Å². The Morgan fingerprint density at radius 3 is 3.00 bits per heavy atom. The Labute approximate surface area is 97.1 Å². The van der Waals surface area contributed by atoms with Crippen molar-refractivity contribution in [2.75, 3.05) is 0 Å². The lowest BCUT2D eigenvalue weighted by atomic mass is 10.1. The molecular weight excluding hydrogens is 226 g/mol. The second-order valence-corrected chi connectivity index (χ2v) is 5.26. The van der Waals surface area contributed by atoms with Crippen molar-refractivity contribution in [3.63, 3.8) is 0 Å². The molecule has 3 nitrogen and oxygen atoms in total. The van der Waals surface area contributed by atoms with Crippen LogP contribution in [-0.4, -0.2) is 16.0 Å². The Morgan fingerprint density at radius 2 is 2.47 bits per heavy atom.